The Bertz CT molecular complexity index is 1010. The summed E-state index contributed by atoms with van der Waals surface area (Å²) < 4.78 is 0.912. The van der Waals surface area contributed by atoms with Crippen LogP contribution in [-0.2, 0) is 16.1 Å². The third-order valence-corrected chi connectivity index (χ3v) is 7.59. The van der Waals surface area contributed by atoms with Gasteiger partial charge in [-0.1, -0.05) is 51.8 Å². The molecule has 0 radical (unpaired) electrons. The summed E-state index contributed by atoms with van der Waals surface area (Å²) in [6.07, 6.45) is 2.93. The van der Waals surface area contributed by atoms with E-state index in [1.165, 1.54) is 5.01 Å². The average Bonchev–Trinajstić information content (AvgIpc) is 3.42. The molecule has 2 aliphatic carbocycles. The molecule has 7 heteroatoms. The molecule has 0 aromatic heterocycles. The summed E-state index contributed by atoms with van der Waals surface area (Å²) in [6, 6.07) is 14.2. The minimum atomic E-state index is -0.447. The van der Waals surface area contributed by atoms with E-state index in [0.29, 0.717) is 5.02 Å². The Kier molecular flexibility index (Phi) is 4.94. The highest BCUT2D eigenvalue weighted by Crippen LogP contribution is 2.56. The van der Waals surface area contributed by atoms with E-state index in [1.807, 2.05) is 24.3 Å². The number of amides is 3. The molecule has 1 heterocycles. The number of halogens is 2. The average molecular weight is 488 g/mol. The zero-order valence-corrected chi connectivity index (χ0v) is 18.5. The predicted molar refractivity (Wildman–Crippen MR) is 115 cm³/mol. The van der Waals surface area contributed by atoms with Gasteiger partial charge in [0.1, 0.15) is 0 Å². The van der Waals surface area contributed by atoms with Crippen LogP contribution in [0.5, 0.6) is 0 Å². The van der Waals surface area contributed by atoms with Crippen molar-refractivity contribution >= 4 is 45.3 Å². The molecular weight excluding hydrogens is 468 g/mol. The molecule has 0 N–H and O–H groups in total. The fraction of sp³-hybridized carbons (Fsp3) is 0.348. The van der Waals surface area contributed by atoms with E-state index in [1.54, 1.807) is 24.3 Å². The standard InChI is InChI=1S/C23H20BrClN2O3/c24-16-9-5-13(6-10-16)12-26(21(28)17-3-1-2-4-18(17)25)27-22(29)19-14-7-8-15(11-14)20(19)23(27)30/h1-6,9-10,14-15,19-20H,7-8,11-12H2. The van der Waals surface area contributed by atoms with Crippen LogP contribution in [0.4, 0.5) is 0 Å². The van der Waals surface area contributed by atoms with E-state index in [-0.39, 0.29) is 47.6 Å². The summed E-state index contributed by atoms with van der Waals surface area (Å²) in [5, 5.41) is 2.70. The zero-order chi connectivity index (χ0) is 21.0. The topological polar surface area (TPSA) is 57.7 Å². The Balaban J connectivity index is 1.53. The quantitative estimate of drug-likeness (QED) is 0.588. The number of hydrogen-bond donors (Lipinski definition) is 0. The van der Waals surface area contributed by atoms with Crippen LogP contribution in [0, 0.1) is 23.7 Å². The second-order valence-corrected chi connectivity index (χ2v) is 9.67. The van der Waals surface area contributed by atoms with Crippen molar-refractivity contribution in [1.29, 1.82) is 0 Å². The van der Waals surface area contributed by atoms with Crippen molar-refractivity contribution in [3.8, 4) is 0 Å². The zero-order valence-electron chi connectivity index (χ0n) is 16.1. The molecule has 3 amide bonds. The Morgan fingerprint density at radius 3 is 2.20 bits per heavy atom. The van der Waals surface area contributed by atoms with Crippen molar-refractivity contribution in [2.45, 2.75) is 25.8 Å². The first-order chi connectivity index (χ1) is 14.5. The van der Waals surface area contributed by atoms with E-state index in [2.05, 4.69) is 15.9 Å². The highest BCUT2D eigenvalue weighted by Gasteiger charge is 2.62. The highest BCUT2D eigenvalue weighted by molar-refractivity contribution is 9.10. The summed E-state index contributed by atoms with van der Waals surface area (Å²) in [4.78, 5) is 40.2. The van der Waals surface area contributed by atoms with Crippen LogP contribution in [0.25, 0.3) is 0 Å². The third kappa shape index (κ3) is 3.08. The predicted octanol–water partition coefficient (Wildman–Crippen LogP) is 4.69. The lowest BCUT2D eigenvalue weighted by molar-refractivity contribution is -0.156. The fourth-order valence-corrected chi connectivity index (χ4v) is 5.88. The van der Waals surface area contributed by atoms with Gasteiger partial charge in [0.05, 0.1) is 29.0 Å². The first kappa shape index (κ1) is 19.8. The maximum absolute atomic E-state index is 13.5. The van der Waals surface area contributed by atoms with E-state index in [0.717, 1.165) is 34.3 Å². The van der Waals surface area contributed by atoms with Gasteiger partial charge in [-0.2, -0.15) is 5.01 Å². The molecule has 1 aliphatic heterocycles. The van der Waals surface area contributed by atoms with Crippen molar-refractivity contribution in [1.82, 2.24) is 10.0 Å². The SMILES string of the molecule is O=C(c1ccccc1Cl)N(Cc1ccc(Br)cc1)N1C(=O)C2C3CCC(C3)C2C1=O. The molecule has 0 spiro atoms. The van der Waals surface area contributed by atoms with Crippen LogP contribution in [0.15, 0.2) is 53.0 Å². The first-order valence-corrected chi connectivity index (χ1v) is 11.3. The number of nitrogens with zero attached hydrogens (tertiary/aromatic N) is 2. The Morgan fingerprint density at radius 2 is 1.60 bits per heavy atom. The molecule has 1 saturated heterocycles. The van der Waals surface area contributed by atoms with Crippen LogP contribution >= 0.6 is 27.5 Å². The van der Waals surface area contributed by atoms with Crippen molar-refractivity contribution < 1.29 is 14.4 Å². The Morgan fingerprint density at radius 1 is 1.00 bits per heavy atom. The number of imide groups is 1. The maximum atomic E-state index is 13.5. The summed E-state index contributed by atoms with van der Waals surface area (Å²) in [7, 11) is 0. The van der Waals surface area contributed by atoms with Gasteiger partial charge in [-0.05, 0) is 60.9 Å². The lowest BCUT2D eigenvalue weighted by Gasteiger charge is -2.31. The molecule has 2 aromatic rings. The number of benzene rings is 2. The molecule has 5 rings (SSSR count). The van der Waals surface area contributed by atoms with Gasteiger partial charge in [0.25, 0.3) is 17.7 Å². The van der Waals surface area contributed by atoms with E-state index < -0.39 is 5.91 Å². The van der Waals surface area contributed by atoms with Crippen molar-refractivity contribution in [3.63, 3.8) is 0 Å². The first-order valence-electron chi connectivity index (χ1n) is 10.1. The Labute approximate surface area is 188 Å². The molecule has 3 fully saturated rings. The van der Waals surface area contributed by atoms with Gasteiger partial charge in [-0.25, -0.2) is 5.01 Å². The number of hydrazine groups is 1. The van der Waals surface area contributed by atoms with Crippen molar-refractivity contribution in [2.75, 3.05) is 0 Å². The number of hydrogen-bond acceptors (Lipinski definition) is 3. The van der Waals surface area contributed by atoms with Crippen LogP contribution in [0.2, 0.25) is 5.02 Å². The van der Waals surface area contributed by atoms with Crippen LogP contribution in [0.3, 0.4) is 0 Å². The van der Waals surface area contributed by atoms with Crippen LogP contribution in [0.1, 0.15) is 35.2 Å². The minimum absolute atomic E-state index is 0.115. The number of fused-ring (bicyclic) bond motifs is 5. The van der Waals surface area contributed by atoms with Crippen molar-refractivity contribution in [2.24, 2.45) is 23.7 Å². The molecule has 2 bridgehead atoms. The van der Waals surface area contributed by atoms with Gasteiger partial charge in [0.15, 0.2) is 0 Å². The van der Waals surface area contributed by atoms with Gasteiger partial charge >= 0.3 is 0 Å². The molecule has 2 aromatic carbocycles. The summed E-state index contributed by atoms with van der Waals surface area (Å²) in [5.41, 5.74) is 1.09. The summed E-state index contributed by atoms with van der Waals surface area (Å²) in [6.45, 7) is 0.115. The van der Waals surface area contributed by atoms with E-state index >= 15 is 0 Å². The maximum Gasteiger partial charge on any atom is 0.274 e. The highest BCUT2D eigenvalue weighted by atomic mass is 79.9. The molecule has 5 nitrogen and oxygen atoms in total. The Hall–Kier alpha value is -2.18. The van der Waals surface area contributed by atoms with Crippen molar-refractivity contribution in [3.05, 3.63) is 69.2 Å². The van der Waals surface area contributed by atoms with E-state index in [4.69, 9.17) is 11.6 Å². The van der Waals surface area contributed by atoms with Gasteiger partial charge in [-0.3, -0.25) is 14.4 Å². The normalized spacial score (nSPS) is 26.9. The van der Waals surface area contributed by atoms with E-state index in [9.17, 15) is 14.4 Å². The number of rotatable bonds is 4. The smallest absolute Gasteiger partial charge is 0.272 e. The third-order valence-electron chi connectivity index (χ3n) is 6.73. The lowest BCUT2D eigenvalue weighted by atomic mass is 9.81. The summed E-state index contributed by atoms with van der Waals surface area (Å²) >= 11 is 9.68. The lowest BCUT2D eigenvalue weighted by Crippen LogP contribution is -2.50. The van der Waals surface area contributed by atoms with Crippen LogP contribution < -0.4 is 0 Å². The van der Waals surface area contributed by atoms with Gasteiger partial charge in [0, 0.05) is 4.47 Å². The molecule has 3 aliphatic rings. The second kappa shape index (κ2) is 7.50. The van der Waals surface area contributed by atoms with Gasteiger partial charge in [-0.15, -0.1) is 0 Å². The molecule has 154 valence electrons. The molecule has 2 saturated carbocycles. The van der Waals surface area contributed by atoms with Gasteiger partial charge in [0.2, 0.25) is 0 Å². The monoisotopic (exact) mass is 486 g/mol. The van der Waals surface area contributed by atoms with Gasteiger partial charge < -0.3 is 0 Å². The van der Waals surface area contributed by atoms with Crippen LogP contribution in [-0.4, -0.2) is 27.7 Å². The molecule has 4 unspecified atom stereocenters. The largest absolute Gasteiger partial charge is 0.274 e. The number of carbonyl (C=O) groups is 3. The molecular formula is C23H20BrClN2O3. The number of carbonyl (C=O) groups excluding carboxylic acids is 3. The fourth-order valence-electron chi connectivity index (χ4n) is 5.40. The second-order valence-electron chi connectivity index (χ2n) is 8.34. The minimum Gasteiger partial charge on any atom is -0.272 e. The molecule has 30 heavy (non-hydrogen) atoms. The molecule has 4 atom stereocenters. The summed E-state index contributed by atoms with van der Waals surface area (Å²) in [5.74, 6) is -0.995.